The molecule has 0 spiro atoms. The third kappa shape index (κ3) is 2.21. The summed E-state index contributed by atoms with van der Waals surface area (Å²) in [5.41, 5.74) is 0. The fourth-order valence-electron chi connectivity index (χ4n) is 2.76. The van der Waals surface area contributed by atoms with Crippen LogP contribution in [0.5, 0.6) is 0 Å². The van der Waals surface area contributed by atoms with Gasteiger partial charge in [0, 0.05) is 23.7 Å². The molecule has 3 heterocycles. The maximum absolute atomic E-state index is 12.6. The van der Waals surface area contributed by atoms with Crippen LogP contribution in [0.4, 0.5) is 0 Å². The van der Waals surface area contributed by atoms with Crippen molar-refractivity contribution in [2.75, 3.05) is 13.1 Å². The first-order valence-corrected chi connectivity index (χ1v) is 7.67. The number of thiophene rings is 1. The molecule has 0 radical (unpaired) electrons. The van der Waals surface area contributed by atoms with Gasteiger partial charge in [-0.2, -0.15) is 4.98 Å². The molecule has 1 aromatic carbocycles. The summed E-state index contributed by atoms with van der Waals surface area (Å²) >= 11 is 1.55. The number of aromatic nitrogens is 2. The van der Waals surface area contributed by atoms with Crippen LogP contribution >= 0.6 is 11.3 Å². The van der Waals surface area contributed by atoms with Crippen molar-refractivity contribution in [2.45, 2.75) is 12.3 Å². The van der Waals surface area contributed by atoms with Crippen LogP contribution < -0.4 is 0 Å². The molecule has 0 bridgehead atoms. The molecule has 21 heavy (non-hydrogen) atoms. The lowest BCUT2D eigenvalue weighted by Gasteiger charge is -2.14. The first kappa shape index (κ1) is 12.5. The van der Waals surface area contributed by atoms with E-state index in [1.807, 2.05) is 35.2 Å². The molecule has 5 nitrogen and oxygen atoms in total. The predicted octanol–water partition coefficient (Wildman–Crippen LogP) is 2.91. The van der Waals surface area contributed by atoms with Crippen LogP contribution in [0.25, 0.3) is 10.1 Å². The van der Waals surface area contributed by atoms with Crippen molar-refractivity contribution in [3.63, 3.8) is 0 Å². The van der Waals surface area contributed by atoms with Gasteiger partial charge < -0.3 is 9.42 Å². The van der Waals surface area contributed by atoms with Gasteiger partial charge >= 0.3 is 0 Å². The molecule has 6 heteroatoms. The number of amides is 1. The molecule has 1 aliphatic rings. The van der Waals surface area contributed by atoms with Crippen LogP contribution in [0.15, 0.2) is 41.2 Å². The summed E-state index contributed by atoms with van der Waals surface area (Å²) in [4.78, 5) is 19.4. The number of hydrogen-bond donors (Lipinski definition) is 0. The van der Waals surface area contributed by atoms with Crippen LogP contribution in [-0.4, -0.2) is 34.0 Å². The van der Waals surface area contributed by atoms with Crippen molar-refractivity contribution in [3.8, 4) is 0 Å². The number of carbonyl (C=O) groups is 1. The highest BCUT2D eigenvalue weighted by Crippen LogP contribution is 2.30. The van der Waals surface area contributed by atoms with Gasteiger partial charge in [0.2, 0.25) is 6.39 Å². The number of fused-ring (bicyclic) bond motifs is 1. The number of rotatable bonds is 2. The Morgan fingerprint density at radius 1 is 1.38 bits per heavy atom. The molecule has 0 unspecified atom stereocenters. The number of benzene rings is 1. The maximum atomic E-state index is 12.6. The molecule has 0 saturated carbocycles. The van der Waals surface area contributed by atoms with Crippen LogP contribution in [0.2, 0.25) is 0 Å². The Labute approximate surface area is 125 Å². The van der Waals surface area contributed by atoms with Crippen LogP contribution in [0.3, 0.4) is 0 Å². The zero-order valence-electron chi connectivity index (χ0n) is 11.2. The molecule has 1 fully saturated rings. The van der Waals surface area contributed by atoms with Gasteiger partial charge in [0.1, 0.15) is 0 Å². The Bertz CT molecular complexity index is 748. The van der Waals surface area contributed by atoms with E-state index in [2.05, 4.69) is 10.1 Å². The summed E-state index contributed by atoms with van der Waals surface area (Å²) in [6, 6.07) is 10.0. The van der Waals surface area contributed by atoms with Crippen molar-refractivity contribution in [2.24, 2.45) is 0 Å². The highest BCUT2D eigenvalue weighted by molar-refractivity contribution is 7.20. The van der Waals surface area contributed by atoms with Crippen molar-refractivity contribution in [1.82, 2.24) is 15.0 Å². The quantitative estimate of drug-likeness (QED) is 0.730. The molecule has 0 aliphatic carbocycles. The molecular weight excluding hydrogens is 286 g/mol. The molecule has 3 aromatic rings. The second kappa shape index (κ2) is 4.96. The summed E-state index contributed by atoms with van der Waals surface area (Å²) in [6.45, 7) is 1.40. The first-order valence-electron chi connectivity index (χ1n) is 6.85. The Balaban J connectivity index is 1.55. The molecule has 0 N–H and O–H groups in total. The lowest BCUT2D eigenvalue weighted by atomic mass is 10.1. The third-order valence-corrected chi connectivity index (χ3v) is 4.96. The van der Waals surface area contributed by atoms with Crippen molar-refractivity contribution in [3.05, 3.63) is 47.4 Å². The Morgan fingerprint density at radius 3 is 3.10 bits per heavy atom. The highest BCUT2D eigenvalue weighted by atomic mass is 32.1. The number of hydrogen-bond acceptors (Lipinski definition) is 5. The van der Waals surface area contributed by atoms with Gasteiger partial charge in [0.15, 0.2) is 5.82 Å². The van der Waals surface area contributed by atoms with Gasteiger partial charge in [-0.25, -0.2) is 0 Å². The number of carbonyl (C=O) groups excluding carboxylic acids is 1. The number of likely N-dealkylation sites (tertiary alicyclic amines) is 1. The zero-order valence-corrected chi connectivity index (χ0v) is 12.0. The van der Waals surface area contributed by atoms with E-state index in [-0.39, 0.29) is 11.8 Å². The average Bonchev–Trinajstić information content (AvgIpc) is 3.24. The van der Waals surface area contributed by atoms with E-state index in [4.69, 9.17) is 4.52 Å². The van der Waals surface area contributed by atoms with Gasteiger partial charge in [0.25, 0.3) is 5.91 Å². The van der Waals surface area contributed by atoms with Crippen LogP contribution in [0.1, 0.15) is 27.8 Å². The SMILES string of the molecule is O=C(c1cc2ccccc2s1)N1CC[C@@H](c2ncon2)C1. The van der Waals surface area contributed by atoms with Gasteiger partial charge in [-0.1, -0.05) is 23.4 Å². The van der Waals surface area contributed by atoms with Crippen LogP contribution in [-0.2, 0) is 0 Å². The monoisotopic (exact) mass is 299 g/mol. The topological polar surface area (TPSA) is 59.2 Å². The fraction of sp³-hybridized carbons (Fsp3) is 0.267. The van der Waals surface area contributed by atoms with Gasteiger partial charge in [-0.3, -0.25) is 4.79 Å². The molecular formula is C15H13N3O2S. The summed E-state index contributed by atoms with van der Waals surface area (Å²) < 4.78 is 5.93. The van der Waals surface area contributed by atoms with E-state index in [0.29, 0.717) is 12.4 Å². The standard InChI is InChI=1S/C15H13N3O2S/c19-15(13-7-10-3-1-2-4-12(10)21-13)18-6-5-11(8-18)14-16-9-20-17-14/h1-4,7,9,11H,5-6,8H2/t11-/m1/s1. The minimum atomic E-state index is 0.0993. The largest absolute Gasteiger partial charge is 0.343 e. The predicted molar refractivity (Wildman–Crippen MR) is 79.4 cm³/mol. The Morgan fingerprint density at radius 2 is 2.29 bits per heavy atom. The minimum Gasteiger partial charge on any atom is -0.343 e. The Hall–Kier alpha value is -2.21. The smallest absolute Gasteiger partial charge is 0.263 e. The summed E-state index contributed by atoms with van der Waals surface area (Å²) in [5, 5.41) is 5.00. The van der Waals surface area contributed by atoms with E-state index in [1.54, 1.807) is 11.3 Å². The van der Waals surface area contributed by atoms with Crippen molar-refractivity contribution >= 4 is 27.3 Å². The van der Waals surface area contributed by atoms with Gasteiger partial charge in [-0.15, -0.1) is 11.3 Å². The molecule has 1 saturated heterocycles. The van der Waals surface area contributed by atoms with Gasteiger partial charge in [0.05, 0.1) is 4.88 Å². The summed E-state index contributed by atoms with van der Waals surface area (Å²) in [5.74, 6) is 0.978. The van der Waals surface area contributed by atoms with Crippen molar-refractivity contribution in [1.29, 1.82) is 0 Å². The lowest BCUT2D eigenvalue weighted by molar-refractivity contribution is 0.0795. The fourth-order valence-corrected chi connectivity index (χ4v) is 3.79. The molecule has 1 atom stereocenters. The lowest BCUT2D eigenvalue weighted by Crippen LogP contribution is -2.27. The Kier molecular flexibility index (Phi) is 2.96. The van der Waals surface area contributed by atoms with Crippen LogP contribution in [0, 0.1) is 0 Å². The zero-order chi connectivity index (χ0) is 14.2. The van der Waals surface area contributed by atoms with Crippen molar-refractivity contribution < 1.29 is 9.32 Å². The van der Waals surface area contributed by atoms with E-state index in [0.717, 1.165) is 27.9 Å². The first-order chi connectivity index (χ1) is 10.3. The maximum Gasteiger partial charge on any atom is 0.263 e. The van der Waals surface area contributed by atoms with E-state index < -0.39 is 0 Å². The molecule has 106 valence electrons. The second-order valence-corrected chi connectivity index (χ2v) is 6.26. The molecule has 4 rings (SSSR count). The molecule has 2 aromatic heterocycles. The molecule has 1 aliphatic heterocycles. The number of nitrogens with zero attached hydrogens (tertiary/aromatic N) is 3. The van der Waals surface area contributed by atoms with E-state index in [1.165, 1.54) is 6.39 Å². The highest BCUT2D eigenvalue weighted by Gasteiger charge is 2.30. The van der Waals surface area contributed by atoms with E-state index in [9.17, 15) is 4.79 Å². The second-order valence-electron chi connectivity index (χ2n) is 5.17. The summed E-state index contributed by atoms with van der Waals surface area (Å²) in [7, 11) is 0. The molecule has 1 amide bonds. The third-order valence-electron chi connectivity index (χ3n) is 3.86. The summed E-state index contributed by atoms with van der Waals surface area (Å²) in [6.07, 6.45) is 2.22. The van der Waals surface area contributed by atoms with Gasteiger partial charge in [-0.05, 0) is 23.9 Å². The average molecular weight is 299 g/mol. The normalized spacial score (nSPS) is 18.5. The van der Waals surface area contributed by atoms with E-state index >= 15 is 0 Å². The minimum absolute atomic E-state index is 0.0993.